The first kappa shape index (κ1) is 25.0. The first-order valence-electron chi connectivity index (χ1n) is 13.3. The van der Waals surface area contributed by atoms with Crippen LogP contribution in [0.2, 0.25) is 0 Å². The molecule has 0 spiro atoms. The van der Waals surface area contributed by atoms with Gasteiger partial charge in [0.2, 0.25) is 5.82 Å². The minimum Gasteiger partial charge on any atom is -0.167 e. The van der Waals surface area contributed by atoms with Gasteiger partial charge in [-0.05, 0) is 61.9 Å². The van der Waals surface area contributed by atoms with Crippen LogP contribution in [-0.4, -0.2) is 20.2 Å². The van der Waals surface area contributed by atoms with E-state index in [1.807, 2.05) is 24.3 Å². The number of hydrogen-bond acceptors (Lipinski definition) is 3. The highest BCUT2D eigenvalue weighted by atomic mass is 15.6. The smallest absolute Gasteiger partial charge is 0.167 e. The molecule has 192 valence electrons. The molecule has 0 fully saturated rings. The van der Waals surface area contributed by atoms with Gasteiger partial charge in [0.1, 0.15) is 0 Å². The minimum atomic E-state index is 0.581. The Morgan fingerprint density at radius 1 is 0.525 bits per heavy atom. The molecule has 6 rings (SSSR count). The van der Waals surface area contributed by atoms with Gasteiger partial charge < -0.3 is 0 Å². The zero-order chi connectivity index (χ0) is 27.1. The van der Waals surface area contributed by atoms with E-state index in [1.165, 1.54) is 4.80 Å². The molecule has 0 saturated heterocycles. The monoisotopic (exact) mass is 516 g/mol. The Hall–Kier alpha value is -5.35. The van der Waals surface area contributed by atoms with Gasteiger partial charge in [-0.1, -0.05) is 140 Å². The number of aromatic nitrogens is 4. The van der Waals surface area contributed by atoms with E-state index in [0.29, 0.717) is 5.82 Å². The average Bonchev–Trinajstić information content (AvgIpc) is 3.46. The fourth-order valence-electron chi connectivity index (χ4n) is 4.93. The highest BCUT2D eigenvalue weighted by Gasteiger charge is 2.22. The lowest BCUT2D eigenvalue weighted by molar-refractivity contribution is 0.630. The maximum atomic E-state index is 4.71. The topological polar surface area (TPSA) is 43.6 Å². The number of nitrogens with zero attached hydrogens (tertiary/aromatic N) is 4. The number of hydrogen-bond donors (Lipinski definition) is 0. The molecule has 0 N–H and O–H groups in total. The van der Waals surface area contributed by atoms with Gasteiger partial charge in [0.15, 0.2) is 0 Å². The van der Waals surface area contributed by atoms with E-state index in [2.05, 4.69) is 138 Å². The number of tetrazole rings is 1. The van der Waals surface area contributed by atoms with E-state index in [1.54, 1.807) is 7.05 Å². The van der Waals surface area contributed by atoms with Gasteiger partial charge in [0.25, 0.3) is 0 Å². The van der Waals surface area contributed by atoms with Crippen LogP contribution in [0.4, 0.5) is 0 Å². The van der Waals surface area contributed by atoms with Crippen molar-refractivity contribution in [2.45, 2.75) is 0 Å². The largest absolute Gasteiger partial charge is 0.206 e. The Morgan fingerprint density at radius 3 is 1.35 bits per heavy atom. The number of benzene rings is 5. The van der Waals surface area contributed by atoms with Crippen LogP contribution in [-0.2, 0) is 7.05 Å². The predicted octanol–water partition coefficient (Wildman–Crippen LogP) is 8.05. The van der Waals surface area contributed by atoms with Crippen LogP contribution in [0.3, 0.4) is 0 Å². The van der Waals surface area contributed by atoms with Gasteiger partial charge in [-0.3, -0.25) is 0 Å². The van der Waals surface area contributed by atoms with E-state index in [4.69, 9.17) is 5.10 Å². The van der Waals surface area contributed by atoms with Gasteiger partial charge in [0, 0.05) is 5.56 Å². The zero-order valence-electron chi connectivity index (χ0n) is 22.2. The second-order valence-electron chi connectivity index (χ2n) is 9.50. The fourth-order valence-corrected chi connectivity index (χ4v) is 4.93. The van der Waals surface area contributed by atoms with Crippen molar-refractivity contribution in [2.75, 3.05) is 0 Å². The Labute approximate surface area is 234 Å². The quantitative estimate of drug-likeness (QED) is 0.202. The summed E-state index contributed by atoms with van der Waals surface area (Å²) in [5.74, 6) is 0.581. The molecule has 6 aromatic rings. The molecule has 0 aliphatic rings. The lowest BCUT2D eigenvalue weighted by Crippen LogP contribution is -2.01. The summed E-state index contributed by atoms with van der Waals surface area (Å²) in [5, 5.41) is 13.5. The normalized spacial score (nSPS) is 11.9. The first-order chi connectivity index (χ1) is 19.8. The SMILES string of the molecule is Cn1nnc(-c2c(/C(=C/c3ccccc3)c3ccccc3)cccc2/C(=C/c2ccccc2)c2ccccc2)n1. The molecule has 0 aliphatic heterocycles. The third-order valence-electron chi connectivity index (χ3n) is 6.77. The van der Waals surface area contributed by atoms with Crippen molar-refractivity contribution in [3.8, 4) is 11.4 Å². The Morgan fingerprint density at radius 2 is 0.950 bits per heavy atom. The summed E-state index contributed by atoms with van der Waals surface area (Å²) in [6.07, 6.45) is 4.47. The third-order valence-corrected chi connectivity index (χ3v) is 6.77. The lowest BCUT2D eigenvalue weighted by atomic mass is 9.85. The summed E-state index contributed by atoms with van der Waals surface area (Å²) in [5.41, 5.74) is 9.65. The summed E-state index contributed by atoms with van der Waals surface area (Å²) < 4.78 is 0. The third kappa shape index (κ3) is 5.42. The van der Waals surface area contributed by atoms with E-state index in [-0.39, 0.29) is 0 Å². The zero-order valence-corrected chi connectivity index (χ0v) is 22.2. The molecular weight excluding hydrogens is 488 g/mol. The van der Waals surface area contributed by atoms with Gasteiger partial charge in [0.05, 0.1) is 7.05 Å². The molecule has 40 heavy (non-hydrogen) atoms. The van der Waals surface area contributed by atoms with Crippen LogP contribution in [0, 0.1) is 0 Å². The molecule has 0 bridgehead atoms. The Kier molecular flexibility index (Phi) is 7.23. The standard InChI is InChI=1S/C36H28N4/c1-40-38-36(37-39-40)35-31(33(29-19-10-4-11-20-29)25-27-15-6-2-7-16-27)23-14-24-32(35)34(30-21-12-5-13-22-30)26-28-17-8-3-9-18-28/h2-26H,1H3/b33-25+,34-26+. The lowest BCUT2D eigenvalue weighted by Gasteiger charge is -2.18. The van der Waals surface area contributed by atoms with Crippen molar-refractivity contribution in [1.29, 1.82) is 0 Å². The Balaban J connectivity index is 1.67. The molecule has 4 heteroatoms. The van der Waals surface area contributed by atoms with Crippen LogP contribution in [0.15, 0.2) is 140 Å². The maximum Gasteiger partial charge on any atom is 0.206 e. The average molecular weight is 517 g/mol. The molecule has 0 saturated carbocycles. The second kappa shape index (κ2) is 11.6. The van der Waals surface area contributed by atoms with E-state index < -0.39 is 0 Å². The van der Waals surface area contributed by atoms with Crippen LogP contribution < -0.4 is 0 Å². The fraction of sp³-hybridized carbons (Fsp3) is 0.0278. The minimum absolute atomic E-state index is 0.581. The summed E-state index contributed by atoms with van der Waals surface area (Å²) in [7, 11) is 1.80. The van der Waals surface area contributed by atoms with Crippen LogP contribution >= 0.6 is 0 Å². The highest BCUT2D eigenvalue weighted by Crippen LogP contribution is 2.40. The molecule has 5 aromatic carbocycles. The van der Waals surface area contributed by atoms with Crippen molar-refractivity contribution in [2.24, 2.45) is 7.05 Å². The Bertz CT molecular complexity index is 1660. The van der Waals surface area contributed by atoms with E-state index in [0.717, 1.165) is 50.1 Å². The van der Waals surface area contributed by atoms with Gasteiger partial charge in [-0.15, -0.1) is 10.2 Å². The van der Waals surface area contributed by atoms with Crippen molar-refractivity contribution in [3.05, 3.63) is 173 Å². The molecule has 1 heterocycles. The van der Waals surface area contributed by atoms with E-state index >= 15 is 0 Å². The van der Waals surface area contributed by atoms with Gasteiger partial charge in [-0.25, -0.2) is 0 Å². The molecule has 0 unspecified atom stereocenters. The molecule has 0 amide bonds. The molecule has 0 atom stereocenters. The van der Waals surface area contributed by atoms with E-state index in [9.17, 15) is 0 Å². The molecule has 1 aromatic heterocycles. The molecule has 0 radical (unpaired) electrons. The molecular formula is C36H28N4. The van der Waals surface area contributed by atoms with Crippen LogP contribution in [0.5, 0.6) is 0 Å². The first-order valence-corrected chi connectivity index (χ1v) is 13.3. The number of rotatable bonds is 7. The van der Waals surface area contributed by atoms with Gasteiger partial charge in [-0.2, -0.15) is 4.80 Å². The predicted molar refractivity (Wildman–Crippen MR) is 164 cm³/mol. The van der Waals surface area contributed by atoms with Crippen molar-refractivity contribution >= 4 is 23.3 Å². The number of aryl methyl sites for hydroxylation is 1. The second-order valence-corrected chi connectivity index (χ2v) is 9.50. The maximum absolute atomic E-state index is 4.71. The molecule has 4 nitrogen and oxygen atoms in total. The van der Waals surface area contributed by atoms with Crippen LogP contribution in [0.25, 0.3) is 34.7 Å². The molecule has 0 aliphatic carbocycles. The highest BCUT2D eigenvalue weighted by molar-refractivity contribution is 6.02. The summed E-state index contributed by atoms with van der Waals surface area (Å²) in [4.78, 5) is 1.52. The summed E-state index contributed by atoms with van der Waals surface area (Å²) in [6, 6.07) is 48.2. The van der Waals surface area contributed by atoms with Crippen molar-refractivity contribution in [1.82, 2.24) is 20.2 Å². The van der Waals surface area contributed by atoms with Crippen molar-refractivity contribution < 1.29 is 0 Å². The summed E-state index contributed by atoms with van der Waals surface area (Å²) >= 11 is 0. The van der Waals surface area contributed by atoms with Gasteiger partial charge >= 0.3 is 0 Å². The van der Waals surface area contributed by atoms with Crippen LogP contribution in [0.1, 0.15) is 33.4 Å². The summed E-state index contributed by atoms with van der Waals surface area (Å²) in [6.45, 7) is 0. The van der Waals surface area contributed by atoms with Crippen molar-refractivity contribution in [3.63, 3.8) is 0 Å².